The molecule has 0 unspecified atom stereocenters. The Bertz CT molecular complexity index is 4.97. The molecular formula is H33Al11Au. The van der Waals surface area contributed by atoms with Crippen LogP contribution in [0.4, 0.5) is 0 Å². The Balaban J connectivity index is 0. The van der Waals surface area contributed by atoms with Crippen LogP contribution in [0.15, 0.2) is 0 Å². The van der Waals surface area contributed by atoms with E-state index in [0.29, 0.717) is 0 Å². The van der Waals surface area contributed by atoms with Crippen molar-refractivity contribution in [2.24, 2.45) is 0 Å². The Labute approximate surface area is 209 Å². The quantitative estimate of drug-likeness (QED) is 0.275. The van der Waals surface area contributed by atoms with Gasteiger partial charge in [0.2, 0.25) is 0 Å². The molecule has 0 N–H and O–H groups in total. The molecule has 0 fully saturated rings. The molecule has 0 rings (SSSR count). The SMILES string of the molecule is [AlH3].[AlH3].[AlH3].[AlH3].[AlH3].[AlH3].[AlH3].[AlH3].[AlH3].[AlH3].[AlH3].[Au]. The second kappa shape index (κ2) is 111. The molecule has 12 heavy (non-hydrogen) atoms. The first-order chi connectivity index (χ1) is 0. The molecule has 0 aliphatic rings. The minimum atomic E-state index is 0. The molecule has 0 amide bonds. The fraction of sp³-hybridized carbons (Fsp3) is 0. The van der Waals surface area contributed by atoms with Gasteiger partial charge in [0.25, 0.3) is 0 Å². The van der Waals surface area contributed by atoms with Crippen molar-refractivity contribution in [3.63, 3.8) is 0 Å². The maximum atomic E-state index is 0. The van der Waals surface area contributed by atoms with Crippen LogP contribution in [0.25, 0.3) is 0 Å². The van der Waals surface area contributed by atoms with Gasteiger partial charge in [0.1, 0.15) is 0 Å². The van der Waals surface area contributed by atoms with Crippen LogP contribution in [0.1, 0.15) is 0 Å². The molecule has 0 atom stereocenters. The molecule has 0 aromatic carbocycles. The van der Waals surface area contributed by atoms with Crippen LogP contribution in [0.5, 0.6) is 0 Å². The zero-order valence-electron chi connectivity index (χ0n) is 0.302. The first-order valence-corrected chi connectivity index (χ1v) is 0. The number of hydrogen-bond donors (Lipinski definition) is 0. The van der Waals surface area contributed by atoms with Gasteiger partial charge >= 0.3 is 0 Å². The van der Waals surface area contributed by atoms with Crippen LogP contribution in [0, 0.1) is 0 Å². The molecule has 0 saturated carbocycles. The van der Waals surface area contributed by atoms with Gasteiger partial charge in [-0.1, -0.05) is 0 Å². The number of hydrogen-bond acceptors (Lipinski definition) is 0. The summed E-state index contributed by atoms with van der Waals surface area (Å²) in [4.78, 5) is 0. The standard InChI is InChI=1S/11Al.Au.33H. The monoisotopic (exact) mass is 527 g/mol. The zero-order chi connectivity index (χ0) is 0. The zero-order valence-corrected chi connectivity index (χ0v) is 2.47. The van der Waals surface area contributed by atoms with Crippen molar-refractivity contribution in [1.82, 2.24) is 0 Å². The minimum Gasteiger partial charge on any atom is 0 e. The van der Waals surface area contributed by atoms with Gasteiger partial charge in [-0.05, 0) is 0 Å². The third kappa shape index (κ3) is 92.8. The molecule has 0 bridgehead atoms. The van der Waals surface area contributed by atoms with Gasteiger partial charge in [-0.2, -0.15) is 0 Å². The van der Waals surface area contributed by atoms with Gasteiger partial charge < -0.3 is 0 Å². The van der Waals surface area contributed by atoms with E-state index in [-0.39, 0.29) is 213 Å². The summed E-state index contributed by atoms with van der Waals surface area (Å²) in [5.74, 6) is 0. The average Bonchev–Trinajstić information content (AvgIpc) is 0. The summed E-state index contributed by atoms with van der Waals surface area (Å²) in [5, 5.41) is 0. The van der Waals surface area contributed by atoms with E-state index >= 15 is 0 Å². The fourth-order valence-corrected chi connectivity index (χ4v) is 0. The Hall–Kier alpha value is 6.60. The molecule has 0 aromatic heterocycles. The van der Waals surface area contributed by atoms with Crippen LogP contribution in [-0.2, 0) is 22.4 Å². The van der Waals surface area contributed by atoms with Gasteiger partial charge in [-0.15, -0.1) is 0 Å². The Kier molecular flexibility index (Phi) is 1230. The van der Waals surface area contributed by atoms with E-state index in [1.54, 1.807) is 0 Å². The second-order valence-corrected chi connectivity index (χ2v) is 0. The van der Waals surface area contributed by atoms with Crippen molar-refractivity contribution in [2.75, 3.05) is 0 Å². The van der Waals surface area contributed by atoms with Crippen LogP contribution in [-0.4, -0.2) is 191 Å². The Morgan fingerprint density at radius 2 is 0.167 bits per heavy atom. The third-order valence-corrected chi connectivity index (χ3v) is 0. The Morgan fingerprint density at radius 1 is 0.167 bits per heavy atom. The van der Waals surface area contributed by atoms with Gasteiger partial charge in [0, 0.05) is 22.4 Å². The molecule has 0 aromatic rings. The molecule has 0 aliphatic carbocycles. The average molecular weight is 527 g/mol. The third-order valence-electron chi connectivity index (χ3n) is 0. The predicted molar refractivity (Wildman–Crippen MR) is 109 cm³/mol. The van der Waals surface area contributed by atoms with E-state index in [1.165, 1.54) is 0 Å². The molecule has 0 heterocycles. The van der Waals surface area contributed by atoms with Crippen molar-refractivity contribution >= 4 is 191 Å². The molecule has 0 aliphatic heterocycles. The van der Waals surface area contributed by atoms with E-state index in [4.69, 9.17) is 0 Å². The van der Waals surface area contributed by atoms with Crippen LogP contribution in [0.2, 0.25) is 0 Å². The summed E-state index contributed by atoms with van der Waals surface area (Å²) in [6.07, 6.45) is 0. The molecule has 1 radical (unpaired) electrons. The smallest absolute Gasteiger partial charge is 0 e. The van der Waals surface area contributed by atoms with Gasteiger partial charge in [0.15, 0.2) is 191 Å². The molecule has 0 spiro atoms. The van der Waals surface area contributed by atoms with Crippen molar-refractivity contribution in [2.45, 2.75) is 0 Å². The predicted octanol–water partition coefficient (Wildman–Crippen LogP) is -13.0. The first kappa shape index (κ1) is 132. The van der Waals surface area contributed by atoms with E-state index in [0.717, 1.165) is 0 Å². The maximum absolute atomic E-state index is 0. The van der Waals surface area contributed by atoms with Gasteiger partial charge in [-0.25, -0.2) is 0 Å². The molecule has 12 heteroatoms. The normalized spacial score (nSPS) is 0. The summed E-state index contributed by atoms with van der Waals surface area (Å²) < 4.78 is 0. The molecule has 0 nitrogen and oxygen atoms in total. The van der Waals surface area contributed by atoms with Crippen molar-refractivity contribution in [3.8, 4) is 0 Å². The summed E-state index contributed by atoms with van der Waals surface area (Å²) >= 11 is 0. The van der Waals surface area contributed by atoms with Crippen molar-refractivity contribution in [3.05, 3.63) is 0 Å². The van der Waals surface area contributed by atoms with Crippen LogP contribution < -0.4 is 0 Å². The maximum Gasteiger partial charge on any atom is 0.187 e. The summed E-state index contributed by atoms with van der Waals surface area (Å²) in [6, 6.07) is 0. The molecule has 77 valence electrons. The van der Waals surface area contributed by atoms with E-state index < -0.39 is 0 Å². The summed E-state index contributed by atoms with van der Waals surface area (Å²) in [6.45, 7) is 0. The molecular weight excluding hydrogens is 494 g/mol. The van der Waals surface area contributed by atoms with E-state index in [1.807, 2.05) is 0 Å². The van der Waals surface area contributed by atoms with Crippen molar-refractivity contribution < 1.29 is 22.4 Å². The first-order valence-electron chi connectivity index (χ1n) is 0. The van der Waals surface area contributed by atoms with E-state index in [2.05, 4.69) is 0 Å². The largest absolute Gasteiger partial charge is 0.187 e. The van der Waals surface area contributed by atoms with Gasteiger partial charge in [-0.3, -0.25) is 0 Å². The fourth-order valence-electron chi connectivity index (χ4n) is 0. The van der Waals surface area contributed by atoms with Crippen LogP contribution >= 0.6 is 0 Å². The second-order valence-electron chi connectivity index (χ2n) is 0. The topological polar surface area (TPSA) is 0 Å². The summed E-state index contributed by atoms with van der Waals surface area (Å²) in [5.41, 5.74) is 0. The van der Waals surface area contributed by atoms with Gasteiger partial charge in [0.05, 0.1) is 0 Å². The summed E-state index contributed by atoms with van der Waals surface area (Å²) in [7, 11) is 0. The van der Waals surface area contributed by atoms with E-state index in [9.17, 15) is 0 Å². The molecule has 0 saturated heterocycles. The minimum absolute atomic E-state index is 0. The number of rotatable bonds is 0. The Morgan fingerprint density at radius 3 is 0.167 bits per heavy atom. The van der Waals surface area contributed by atoms with Crippen LogP contribution in [0.3, 0.4) is 0 Å². The van der Waals surface area contributed by atoms with Crippen molar-refractivity contribution in [1.29, 1.82) is 0 Å².